The normalized spacial score (nSPS) is 15.5. The van der Waals surface area contributed by atoms with E-state index in [1.54, 1.807) is 42.9 Å². The lowest BCUT2D eigenvalue weighted by Crippen LogP contribution is -2.61. The molecule has 0 aliphatic carbocycles. The molecule has 8 aromatic rings. The lowest BCUT2D eigenvalue weighted by Gasteiger charge is -2.47. The number of pyridine rings is 4. The van der Waals surface area contributed by atoms with Crippen LogP contribution in [0.1, 0.15) is 103 Å². The summed E-state index contributed by atoms with van der Waals surface area (Å²) in [6, 6.07) is 24.2. The average Bonchev–Trinajstić information content (AvgIpc) is 4.00. The molecule has 8 heterocycles. The summed E-state index contributed by atoms with van der Waals surface area (Å²) in [6.07, 6.45) is 7.09. The zero-order chi connectivity index (χ0) is 54.2. The lowest BCUT2D eigenvalue weighted by atomic mass is 9.86. The lowest BCUT2D eigenvalue weighted by molar-refractivity contribution is 0.0446. The van der Waals surface area contributed by atoms with E-state index in [1.807, 2.05) is 66.2 Å². The van der Waals surface area contributed by atoms with Gasteiger partial charge in [-0.05, 0) is 115 Å². The summed E-state index contributed by atoms with van der Waals surface area (Å²) in [4.78, 5) is 50.5. The summed E-state index contributed by atoms with van der Waals surface area (Å²) in [5.74, 6) is -0.814. The number of anilines is 1. The van der Waals surface area contributed by atoms with Gasteiger partial charge in [-0.15, -0.1) is 0 Å². The number of rotatable bonds is 5. The van der Waals surface area contributed by atoms with Crippen molar-refractivity contribution in [1.82, 2.24) is 35.1 Å². The molecular formula is C58H63BrCl2F2N8O4. The first-order chi connectivity index (χ1) is 35.3. The number of benzene rings is 2. The second kappa shape index (κ2) is 21.8. The molecule has 2 aromatic carbocycles. The highest BCUT2D eigenvalue weighted by Crippen LogP contribution is 2.38. The summed E-state index contributed by atoms with van der Waals surface area (Å²) in [7, 11) is 0. The van der Waals surface area contributed by atoms with Crippen molar-refractivity contribution in [3.8, 4) is 22.5 Å². The van der Waals surface area contributed by atoms with Gasteiger partial charge in [0.2, 0.25) is 0 Å². The van der Waals surface area contributed by atoms with Crippen LogP contribution in [0.2, 0.25) is 10.0 Å². The number of hydrogen-bond donors (Lipinski definition) is 1. The van der Waals surface area contributed by atoms with E-state index >= 15 is 0 Å². The maximum Gasteiger partial charge on any atom is 0.290 e. The van der Waals surface area contributed by atoms with Crippen LogP contribution in [-0.4, -0.2) is 91.9 Å². The molecule has 2 fully saturated rings. The van der Waals surface area contributed by atoms with E-state index in [1.165, 1.54) is 24.3 Å². The SMILES string of the molecule is Brc1cccnc1.CC(C)(C)c1cc(-c2ccc(Cl)c(F)c2)nc2cc(C(=O)N3CCN(c4cccnc4)CC3(C)C)oc12.CC(C)(C)c1cc(-c2ccc(Cl)c(F)c2)nc2cc(C(=O)N3CCNCC3(C)C)oc12.[HH]. The highest BCUT2D eigenvalue weighted by molar-refractivity contribution is 9.10. The standard InChI is InChI=1S/C29H30ClFN4O2.C24H27ClFN3O2.C5H4BrN.H2/c1-28(2,3)20-14-23(18-8-9-21(30)22(31)13-18)33-24-15-25(37-26(20)24)27(36)35-12-11-34(17-29(35,4)5)19-7-6-10-32-16-19;1-23(2,3)15-11-18(14-6-7-16(25)17(26)10-14)28-19-12-20(31-21(15)19)22(30)29-9-8-27-13-24(29,4)5;6-5-2-1-3-7-4-5;/h6-10,13-16H,11-12,17H2,1-5H3;6-7,10-12,27H,8-9,13H2,1-5H3;1-4H;1H. The van der Waals surface area contributed by atoms with Gasteiger partial charge in [-0.3, -0.25) is 19.6 Å². The van der Waals surface area contributed by atoms with Crippen LogP contribution in [-0.2, 0) is 10.8 Å². The van der Waals surface area contributed by atoms with Crippen molar-refractivity contribution < 1.29 is 28.6 Å². The number of halogens is 5. The molecule has 6 aromatic heterocycles. The van der Waals surface area contributed by atoms with Gasteiger partial charge in [0.05, 0.1) is 44.4 Å². The minimum absolute atomic E-state index is 0. The first kappa shape index (κ1) is 55.0. The van der Waals surface area contributed by atoms with Crippen LogP contribution in [0.4, 0.5) is 14.5 Å². The predicted molar refractivity (Wildman–Crippen MR) is 300 cm³/mol. The molecule has 2 aliphatic heterocycles. The van der Waals surface area contributed by atoms with E-state index in [-0.39, 0.29) is 51.2 Å². The van der Waals surface area contributed by atoms with E-state index in [0.29, 0.717) is 70.9 Å². The number of hydrogen-bond acceptors (Lipinski definition) is 10. The van der Waals surface area contributed by atoms with Crippen molar-refractivity contribution in [2.75, 3.05) is 44.2 Å². The van der Waals surface area contributed by atoms with Gasteiger partial charge in [-0.1, -0.05) is 76.9 Å². The Hall–Kier alpha value is -6.26. The van der Waals surface area contributed by atoms with Crippen LogP contribution >= 0.6 is 39.1 Å². The van der Waals surface area contributed by atoms with E-state index in [2.05, 4.69) is 96.5 Å². The van der Waals surface area contributed by atoms with Crippen LogP contribution in [0.25, 0.3) is 44.7 Å². The first-order valence-corrected chi connectivity index (χ1v) is 26.2. The van der Waals surface area contributed by atoms with Crippen molar-refractivity contribution in [3.05, 3.63) is 159 Å². The minimum Gasteiger partial charge on any atom is -0.449 e. The number of nitrogens with one attached hydrogen (secondary N) is 1. The molecular weight excluding hydrogens is 1060 g/mol. The summed E-state index contributed by atoms with van der Waals surface area (Å²) in [5.41, 5.74) is 6.24. The van der Waals surface area contributed by atoms with Crippen LogP contribution in [0.5, 0.6) is 0 Å². The number of carbonyl (C=O) groups excluding carboxylic acids is 2. The van der Waals surface area contributed by atoms with E-state index in [4.69, 9.17) is 37.0 Å². The summed E-state index contributed by atoms with van der Waals surface area (Å²) < 4.78 is 41.6. The van der Waals surface area contributed by atoms with Crippen molar-refractivity contribution in [3.63, 3.8) is 0 Å². The van der Waals surface area contributed by atoms with Gasteiger partial charge in [-0.25, -0.2) is 18.7 Å². The van der Waals surface area contributed by atoms with Gasteiger partial charge < -0.3 is 28.9 Å². The fourth-order valence-corrected chi connectivity index (χ4v) is 9.74. The third-order valence-electron chi connectivity index (χ3n) is 13.3. The number of carbonyl (C=O) groups is 2. The number of aromatic nitrogens is 4. The molecule has 0 saturated carbocycles. The molecule has 17 heteroatoms. The molecule has 75 heavy (non-hydrogen) atoms. The molecule has 12 nitrogen and oxygen atoms in total. The Morgan fingerprint density at radius 3 is 1.56 bits per heavy atom. The van der Waals surface area contributed by atoms with Gasteiger partial charge in [0.25, 0.3) is 11.8 Å². The fourth-order valence-electron chi connectivity index (χ4n) is 9.24. The van der Waals surface area contributed by atoms with Crippen molar-refractivity contribution in [2.45, 2.75) is 91.1 Å². The largest absolute Gasteiger partial charge is 0.449 e. The topological polar surface area (TPSA) is 134 Å². The Morgan fingerprint density at radius 2 is 1.16 bits per heavy atom. The van der Waals surface area contributed by atoms with Gasteiger partial charge in [-0.2, -0.15) is 0 Å². The van der Waals surface area contributed by atoms with Crippen LogP contribution in [0.3, 0.4) is 0 Å². The third-order valence-corrected chi connectivity index (χ3v) is 14.3. The molecule has 0 atom stereocenters. The van der Waals surface area contributed by atoms with E-state index in [9.17, 15) is 18.4 Å². The molecule has 2 saturated heterocycles. The highest BCUT2D eigenvalue weighted by Gasteiger charge is 2.39. The Balaban J connectivity index is 0.000000196. The maximum absolute atomic E-state index is 14.2. The summed E-state index contributed by atoms with van der Waals surface area (Å²) in [6.45, 7) is 24.6. The molecule has 394 valence electrons. The quantitative estimate of drug-likeness (QED) is 0.178. The monoisotopic (exact) mass is 1120 g/mol. The smallest absolute Gasteiger partial charge is 0.290 e. The number of furan rings is 2. The highest BCUT2D eigenvalue weighted by atomic mass is 79.9. The molecule has 0 spiro atoms. The molecule has 10 rings (SSSR count). The molecule has 2 aliphatic rings. The Morgan fingerprint density at radius 1 is 0.667 bits per heavy atom. The Bertz CT molecular complexity index is 3380. The second-order valence-electron chi connectivity index (χ2n) is 22.0. The number of piperazine rings is 2. The van der Waals surface area contributed by atoms with Crippen molar-refractivity contribution >= 4 is 78.8 Å². The fraction of sp³-hybridized carbons (Fsp3) is 0.345. The van der Waals surface area contributed by atoms with Gasteiger partial charge in [0.1, 0.15) is 22.7 Å². The Labute approximate surface area is 456 Å². The zero-order valence-corrected chi connectivity index (χ0v) is 46.9. The molecule has 0 bridgehead atoms. The second-order valence-corrected chi connectivity index (χ2v) is 23.8. The Kier molecular flexibility index (Phi) is 16.0. The van der Waals surface area contributed by atoms with Crippen LogP contribution in [0, 0.1) is 11.6 Å². The van der Waals surface area contributed by atoms with E-state index < -0.39 is 17.2 Å². The summed E-state index contributed by atoms with van der Waals surface area (Å²) in [5, 5.41) is 3.45. The zero-order valence-electron chi connectivity index (χ0n) is 43.8. The molecule has 1 N–H and O–H groups in total. The third kappa shape index (κ3) is 12.4. The van der Waals surface area contributed by atoms with Crippen LogP contribution < -0.4 is 10.2 Å². The van der Waals surface area contributed by atoms with Gasteiger partial charge in [0.15, 0.2) is 22.7 Å². The maximum atomic E-state index is 14.2. The average molecular weight is 1120 g/mol. The van der Waals surface area contributed by atoms with Crippen molar-refractivity contribution in [2.24, 2.45) is 0 Å². The summed E-state index contributed by atoms with van der Waals surface area (Å²) >= 11 is 15.0. The number of amides is 2. The molecule has 2 amide bonds. The minimum atomic E-state index is -0.505. The van der Waals surface area contributed by atoms with Gasteiger partial charge >= 0.3 is 0 Å². The predicted octanol–water partition coefficient (Wildman–Crippen LogP) is 14.2. The first-order valence-electron chi connectivity index (χ1n) is 24.7. The molecule has 0 radical (unpaired) electrons. The molecule has 0 unspecified atom stereocenters. The van der Waals surface area contributed by atoms with Gasteiger partial charge in [0, 0.05) is 98.1 Å². The van der Waals surface area contributed by atoms with E-state index in [0.717, 1.165) is 34.4 Å². The van der Waals surface area contributed by atoms with Crippen LogP contribution in [0.15, 0.2) is 123 Å². The number of fused-ring (bicyclic) bond motifs is 2. The number of nitrogens with zero attached hydrogens (tertiary/aromatic N) is 7. The van der Waals surface area contributed by atoms with Crippen molar-refractivity contribution in [1.29, 1.82) is 0 Å².